The fraction of sp³-hybridized carbons (Fsp3) is 0.571. The minimum atomic E-state index is -2.82. The van der Waals surface area contributed by atoms with Crippen LogP contribution in [0.5, 0.6) is 0 Å². The number of rotatable bonds is 7. The monoisotopic (exact) mass is 332 g/mol. The quantitative estimate of drug-likeness (QED) is 0.708. The van der Waals surface area contributed by atoms with E-state index < -0.39 is 9.84 Å². The van der Waals surface area contributed by atoms with Crippen molar-refractivity contribution in [2.75, 3.05) is 11.5 Å². The third-order valence-electron chi connectivity index (χ3n) is 3.17. The van der Waals surface area contributed by atoms with E-state index in [0.29, 0.717) is 16.5 Å². The number of alkyl halides is 1. The summed E-state index contributed by atoms with van der Waals surface area (Å²) < 4.78 is 22.8. The Balaban J connectivity index is 2.44. The molecular formula is C14H21BrO2S. The summed E-state index contributed by atoms with van der Waals surface area (Å²) in [5.74, 6) is 0.986. The first kappa shape index (κ1) is 15.7. The predicted octanol–water partition coefficient (Wildman–Crippen LogP) is 3.97. The maximum Gasteiger partial charge on any atom is 0.150 e. The molecule has 18 heavy (non-hydrogen) atoms. The Labute approximate surface area is 119 Å². The molecule has 1 rings (SSSR count). The Morgan fingerprint density at radius 3 is 2.39 bits per heavy atom. The minimum absolute atomic E-state index is 0.248. The first-order valence-corrected chi connectivity index (χ1v) is 9.09. The molecule has 1 aromatic rings. The van der Waals surface area contributed by atoms with Gasteiger partial charge < -0.3 is 0 Å². The van der Waals surface area contributed by atoms with Crippen LogP contribution in [0.2, 0.25) is 0 Å². The number of hydrogen-bond acceptors (Lipinski definition) is 2. The molecular weight excluding hydrogens is 312 g/mol. The highest BCUT2D eigenvalue weighted by Crippen LogP contribution is 2.33. The van der Waals surface area contributed by atoms with E-state index in [1.165, 1.54) is 5.56 Å². The van der Waals surface area contributed by atoms with Crippen molar-refractivity contribution in [3.8, 4) is 0 Å². The van der Waals surface area contributed by atoms with Gasteiger partial charge in [-0.15, -0.1) is 0 Å². The van der Waals surface area contributed by atoms with E-state index in [0.717, 1.165) is 12.8 Å². The highest BCUT2D eigenvalue weighted by atomic mass is 79.9. The molecule has 0 bridgehead atoms. The molecule has 0 amide bonds. The second-order valence-electron chi connectivity index (χ2n) is 4.67. The van der Waals surface area contributed by atoms with Crippen molar-refractivity contribution < 1.29 is 8.42 Å². The zero-order chi connectivity index (χ0) is 13.6. The predicted molar refractivity (Wildman–Crippen MR) is 80.8 cm³/mol. The molecule has 1 aromatic carbocycles. The van der Waals surface area contributed by atoms with Crippen LogP contribution in [0.25, 0.3) is 0 Å². The Morgan fingerprint density at radius 2 is 1.83 bits per heavy atom. The van der Waals surface area contributed by atoms with Gasteiger partial charge in [0.2, 0.25) is 0 Å². The van der Waals surface area contributed by atoms with Gasteiger partial charge in [0, 0.05) is 10.6 Å². The maximum atomic E-state index is 11.4. The van der Waals surface area contributed by atoms with Gasteiger partial charge in [-0.05, 0) is 24.3 Å². The zero-order valence-corrected chi connectivity index (χ0v) is 13.4. The fourth-order valence-electron chi connectivity index (χ4n) is 1.88. The highest BCUT2D eigenvalue weighted by Gasteiger charge is 2.16. The molecule has 2 nitrogen and oxygen atoms in total. The van der Waals surface area contributed by atoms with Crippen LogP contribution in [0.4, 0.5) is 0 Å². The Bertz CT molecular complexity index is 442. The molecule has 0 aliphatic rings. The molecule has 0 N–H and O–H groups in total. The normalized spacial score (nSPS) is 15.3. The van der Waals surface area contributed by atoms with Crippen molar-refractivity contribution >= 4 is 25.8 Å². The molecule has 0 saturated carbocycles. The van der Waals surface area contributed by atoms with Gasteiger partial charge in [-0.2, -0.15) is 0 Å². The van der Waals surface area contributed by atoms with Crippen molar-refractivity contribution in [2.45, 2.75) is 31.5 Å². The third-order valence-corrected chi connectivity index (χ3v) is 6.39. The molecule has 0 aliphatic carbocycles. The molecule has 0 aromatic heterocycles. The van der Waals surface area contributed by atoms with Crippen molar-refractivity contribution in [3.63, 3.8) is 0 Å². The van der Waals surface area contributed by atoms with Crippen LogP contribution in [0.3, 0.4) is 0 Å². The molecule has 102 valence electrons. The minimum Gasteiger partial charge on any atom is -0.229 e. The van der Waals surface area contributed by atoms with Crippen molar-refractivity contribution in [1.29, 1.82) is 0 Å². The first-order valence-electron chi connectivity index (χ1n) is 6.35. The van der Waals surface area contributed by atoms with E-state index in [1.54, 1.807) is 6.92 Å². The van der Waals surface area contributed by atoms with Gasteiger partial charge in [0.05, 0.1) is 5.75 Å². The topological polar surface area (TPSA) is 34.1 Å². The molecule has 0 aliphatic heterocycles. The van der Waals surface area contributed by atoms with E-state index in [4.69, 9.17) is 0 Å². The summed E-state index contributed by atoms with van der Waals surface area (Å²) in [7, 11) is -2.82. The zero-order valence-electron chi connectivity index (χ0n) is 11.0. The summed E-state index contributed by atoms with van der Waals surface area (Å²) in [5, 5.41) is 0. The van der Waals surface area contributed by atoms with E-state index in [1.807, 2.05) is 18.2 Å². The van der Waals surface area contributed by atoms with E-state index in [9.17, 15) is 8.42 Å². The SMILES string of the molecule is CCS(=O)(=O)CCCC(C)C(Br)c1ccccc1. The third kappa shape index (κ3) is 5.11. The molecule has 4 heteroatoms. The summed E-state index contributed by atoms with van der Waals surface area (Å²) >= 11 is 3.70. The Morgan fingerprint density at radius 1 is 1.22 bits per heavy atom. The van der Waals surface area contributed by atoms with Gasteiger partial charge in [-0.1, -0.05) is 60.1 Å². The van der Waals surface area contributed by atoms with Gasteiger partial charge in [-0.3, -0.25) is 0 Å². The van der Waals surface area contributed by atoms with Crippen LogP contribution in [0, 0.1) is 5.92 Å². The second-order valence-corrected chi connectivity index (χ2v) is 8.13. The van der Waals surface area contributed by atoms with Gasteiger partial charge in [0.15, 0.2) is 0 Å². The van der Waals surface area contributed by atoms with E-state index >= 15 is 0 Å². The average molecular weight is 333 g/mol. The van der Waals surface area contributed by atoms with Crippen molar-refractivity contribution in [2.24, 2.45) is 5.92 Å². The van der Waals surface area contributed by atoms with Crippen LogP contribution in [-0.4, -0.2) is 19.9 Å². The lowest BCUT2D eigenvalue weighted by atomic mass is 9.97. The molecule has 0 spiro atoms. The summed E-state index contributed by atoms with van der Waals surface area (Å²) in [4.78, 5) is 0.294. The standard InChI is InChI=1S/C14H21BrO2S/c1-3-18(16,17)11-7-8-12(2)14(15)13-9-5-4-6-10-13/h4-6,9-10,12,14H,3,7-8,11H2,1-2H3. The summed E-state index contributed by atoms with van der Waals surface area (Å²) in [6.45, 7) is 3.86. The maximum absolute atomic E-state index is 11.4. The summed E-state index contributed by atoms with van der Waals surface area (Å²) in [6.07, 6.45) is 1.66. The summed E-state index contributed by atoms with van der Waals surface area (Å²) in [5.41, 5.74) is 1.25. The van der Waals surface area contributed by atoms with Gasteiger partial charge in [0.25, 0.3) is 0 Å². The molecule has 0 saturated heterocycles. The molecule has 0 radical (unpaired) electrons. The number of benzene rings is 1. The number of hydrogen-bond donors (Lipinski definition) is 0. The van der Waals surface area contributed by atoms with Crippen LogP contribution in [0.1, 0.15) is 37.1 Å². The van der Waals surface area contributed by atoms with E-state index in [-0.39, 0.29) is 5.75 Å². The Kier molecular flexibility index (Phi) is 6.36. The van der Waals surface area contributed by atoms with Crippen LogP contribution < -0.4 is 0 Å². The Hall–Kier alpha value is -0.350. The first-order chi connectivity index (χ1) is 8.46. The molecule has 2 atom stereocenters. The lowest BCUT2D eigenvalue weighted by Gasteiger charge is -2.18. The van der Waals surface area contributed by atoms with Gasteiger partial charge >= 0.3 is 0 Å². The summed E-state index contributed by atoms with van der Waals surface area (Å²) in [6, 6.07) is 10.2. The molecule has 0 heterocycles. The molecule has 2 unspecified atom stereocenters. The smallest absolute Gasteiger partial charge is 0.150 e. The highest BCUT2D eigenvalue weighted by molar-refractivity contribution is 9.09. The van der Waals surface area contributed by atoms with Crippen molar-refractivity contribution in [3.05, 3.63) is 35.9 Å². The lowest BCUT2D eigenvalue weighted by Crippen LogP contribution is -2.11. The van der Waals surface area contributed by atoms with Crippen molar-refractivity contribution in [1.82, 2.24) is 0 Å². The van der Waals surface area contributed by atoms with Crippen LogP contribution in [-0.2, 0) is 9.84 Å². The fourth-order valence-corrected chi connectivity index (χ4v) is 3.35. The van der Waals surface area contributed by atoms with Crippen LogP contribution in [0.15, 0.2) is 30.3 Å². The number of sulfone groups is 1. The van der Waals surface area contributed by atoms with Gasteiger partial charge in [0.1, 0.15) is 9.84 Å². The largest absolute Gasteiger partial charge is 0.229 e. The lowest BCUT2D eigenvalue weighted by molar-refractivity contribution is 0.514. The average Bonchev–Trinajstić information content (AvgIpc) is 2.38. The molecule has 0 fully saturated rings. The second kappa shape index (κ2) is 7.29. The van der Waals surface area contributed by atoms with E-state index in [2.05, 4.69) is 35.0 Å². The number of halogens is 1. The van der Waals surface area contributed by atoms with Crippen LogP contribution >= 0.6 is 15.9 Å². The van der Waals surface area contributed by atoms with Gasteiger partial charge in [-0.25, -0.2) is 8.42 Å².